The van der Waals surface area contributed by atoms with E-state index in [1.807, 2.05) is 6.92 Å². The van der Waals surface area contributed by atoms with Gasteiger partial charge in [0.25, 0.3) is 0 Å². The molecule has 126 valence electrons. The highest BCUT2D eigenvalue weighted by Gasteiger charge is 2.36. The Morgan fingerprint density at radius 1 is 1.30 bits per heavy atom. The van der Waals surface area contributed by atoms with Crippen LogP contribution in [0.25, 0.3) is 0 Å². The second kappa shape index (κ2) is 7.39. The van der Waals surface area contributed by atoms with Gasteiger partial charge in [-0.15, -0.1) is 0 Å². The lowest BCUT2D eigenvalue weighted by Gasteiger charge is -2.38. The number of rotatable bonds is 6. The number of piperazine rings is 1. The third kappa shape index (κ3) is 3.97. The minimum Gasteiger partial charge on any atom is -0.434 e. The molecule has 1 aromatic rings. The Hall–Kier alpha value is -2.18. The molecular formula is C16H20F2N2O3. The first-order valence-electron chi connectivity index (χ1n) is 7.55. The van der Waals surface area contributed by atoms with Crippen LogP contribution in [-0.2, 0) is 16.1 Å². The maximum Gasteiger partial charge on any atom is 0.387 e. The highest BCUT2D eigenvalue weighted by atomic mass is 19.3. The van der Waals surface area contributed by atoms with Gasteiger partial charge in [0.1, 0.15) is 11.8 Å². The number of hydrogen-bond acceptors (Lipinski definition) is 3. The van der Waals surface area contributed by atoms with Crippen LogP contribution in [0.3, 0.4) is 0 Å². The number of carbonyl (C=O) groups is 2. The number of nitrogens with zero attached hydrogens (tertiary/aromatic N) is 2. The number of amides is 2. The van der Waals surface area contributed by atoms with Crippen LogP contribution in [0, 0.1) is 0 Å². The normalized spacial score (nSPS) is 18.7. The number of para-hydroxylation sites is 1. The van der Waals surface area contributed by atoms with E-state index in [2.05, 4.69) is 4.74 Å². The summed E-state index contributed by atoms with van der Waals surface area (Å²) in [4.78, 5) is 27.6. The van der Waals surface area contributed by atoms with Crippen LogP contribution in [0.4, 0.5) is 8.78 Å². The van der Waals surface area contributed by atoms with Crippen molar-refractivity contribution < 1.29 is 23.1 Å². The minimum atomic E-state index is -2.94. The quantitative estimate of drug-likeness (QED) is 0.806. The third-order valence-corrected chi connectivity index (χ3v) is 3.81. The molecule has 0 aliphatic carbocycles. The molecule has 1 aromatic carbocycles. The maximum absolute atomic E-state index is 12.5. The van der Waals surface area contributed by atoms with Crippen molar-refractivity contribution in [2.24, 2.45) is 0 Å². The fraction of sp³-hybridized carbons (Fsp3) is 0.500. The second-order valence-corrected chi connectivity index (χ2v) is 5.44. The highest BCUT2D eigenvalue weighted by Crippen LogP contribution is 2.24. The van der Waals surface area contributed by atoms with Gasteiger partial charge in [0.05, 0.1) is 13.1 Å². The summed E-state index contributed by atoms with van der Waals surface area (Å²) in [5.41, 5.74) is 0.449. The summed E-state index contributed by atoms with van der Waals surface area (Å²) in [7, 11) is 0. The zero-order chi connectivity index (χ0) is 17.0. The molecule has 1 aliphatic heterocycles. The van der Waals surface area contributed by atoms with Crippen molar-refractivity contribution in [3.05, 3.63) is 29.8 Å². The molecule has 0 unspecified atom stereocenters. The van der Waals surface area contributed by atoms with Gasteiger partial charge in [-0.05, 0) is 19.4 Å². The Labute approximate surface area is 133 Å². The van der Waals surface area contributed by atoms with E-state index in [4.69, 9.17) is 0 Å². The van der Waals surface area contributed by atoms with Crippen molar-refractivity contribution in [3.8, 4) is 5.75 Å². The summed E-state index contributed by atoms with van der Waals surface area (Å²) >= 11 is 0. The average Bonchev–Trinajstić information content (AvgIpc) is 2.50. The van der Waals surface area contributed by atoms with Gasteiger partial charge >= 0.3 is 6.61 Å². The summed E-state index contributed by atoms with van der Waals surface area (Å²) in [5.74, 6) is -0.304. The number of alkyl halides is 2. The molecule has 0 spiro atoms. The Kier molecular flexibility index (Phi) is 5.52. The number of halogens is 2. The lowest BCUT2D eigenvalue weighted by molar-refractivity contribution is -0.155. The Balaban J connectivity index is 2.17. The van der Waals surface area contributed by atoms with E-state index in [9.17, 15) is 18.4 Å². The Morgan fingerprint density at radius 2 is 2.00 bits per heavy atom. The van der Waals surface area contributed by atoms with E-state index >= 15 is 0 Å². The average molecular weight is 326 g/mol. The van der Waals surface area contributed by atoms with E-state index in [0.29, 0.717) is 12.1 Å². The zero-order valence-corrected chi connectivity index (χ0v) is 13.2. The third-order valence-electron chi connectivity index (χ3n) is 3.81. The standard InChI is InChI=1S/C16H20F2N2O3/c1-3-8-19-10-14(21)20(11(2)15(19)22)9-12-6-4-5-7-13(12)23-16(17)18/h4-7,11,16H,3,8-10H2,1-2H3/t11-/m1/s1. The zero-order valence-electron chi connectivity index (χ0n) is 13.2. The molecule has 1 atom stereocenters. The summed E-state index contributed by atoms with van der Waals surface area (Å²) in [5, 5.41) is 0. The minimum absolute atomic E-state index is 0.0194. The number of hydrogen-bond donors (Lipinski definition) is 0. The van der Waals surface area contributed by atoms with Crippen molar-refractivity contribution in [2.75, 3.05) is 13.1 Å². The topological polar surface area (TPSA) is 49.9 Å². The van der Waals surface area contributed by atoms with Crippen LogP contribution in [-0.4, -0.2) is 47.4 Å². The Morgan fingerprint density at radius 3 is 2.65 bits per heavy atom. The van der Waals surface area contributed by atoms with Gasteiger partial charge in [0.15, 0.2) is 0 Å². The molecule has 0 saturated carbocycles. The Bertz CT molecular complexity index is 580. The molecule has 2 rings (SSSR count). The molecule has 1 heterocycles. The molecular weight excluding hydrogens is 306 g/mol. The monoisotopic (exact) mass is 326 g/mol. The van der Waals surface area contributed by atoms with Crippen molar-refractivity contribution in [1.29, 1.82) is 0 Å². The van der Waals surface area contributed by atoms with E-state index in [1.165, 1.54) is 15.9 Å². The van der Waals surface area contributed by atoms with Crippen molar-refractivity contribution >= 4 is 11.8 Å². The lowest BCUT2D eigenvalue weighted by Crippen LogP contribution is -2.58. The van der Waals surface area contributed by atoms with Gasteiger partial charge < -0.3 is 14.5 Å². The van der Waals surface area contributed by atoms with Gasteiger partial charge in [-0.25, -0.2) is 0 Å². The fourth-order valence-corrected chi connectivity index (χ4v) is 2.66. The van der Waals surface area contributed by atoms with Gasteiger partial charge in [-0.2, -0.15) is 8.78 Å². The predicted octanol–water partition coefficient (Wildman–Crippen LogP) is 2.26. The smallest absolute Gasteiger partial charge is 0.387 e. The van der Waals surface area contributed by atoms with Crippen LogP contribution in [0.15, 0.2) is 24.3 Å². The van der Waals surface area contributed by atoms with E-state index in [1.54, 1.807) is 25.1 Å². The van der Waals surface area contributed by atoms with Crippen molar-refractivity contribution in [2.45, 2.75) is 39.5 Å². The van der Waals surface area contributed by atoms with Crippen LogP contribution in [0.2, 0.25) is 0 Å². The van der Waals surface area contributed by atoms with Gasteiger partial charge in [-0.3, -0.25) is 9.59 Å². The van der Waals surface area contributed by atoms with E-state index in [0.717, 1.165) is 6.42 Å². The van der Waals surface area contributed by atoms with Crippen LogP contribution in [0.1, 0.15) is 25.8 Å². The SMILES string of the molecule is CCCN1CC(=O)N(Cc2ccccc2OC(F)F)[C@H](C)C1=O. The number of benzene rings is 1. The highest BCUT2D eigenvalue weighted by molar-refractivity contribution is 5.94. The number of ether oxygens (including phenoxy) is 1. The first-order chi connectivity index (χ1) is 10.9. The first kappa shape index (κ1) is 17.2. The molecule has 2 amide bonds. The molecule has 23 heavy (non-hydrogen) atoms. The summed E-state index contributed by atoms with van der Waals surface area (Å²) in [6.45, 7) is 1.27. The summed E-state index contributed by atoms with van der Waals surface area (Å²) in [6.07, 6.45) is 0.775. The molecule has 1 saturated heterocycles. The second-order valence-electron chi connectivity index (χ2n) is 5.44. The molecule has 5 nitrogen and oxygen atoms in total. The predicted molar refractivity (Wildman–Crippen MR) is 80.0 cm³/mol. The van der Waals surface area contributed by atoms with Gasteiger partial charge in [-0.1, -0.05) is 25.1 Å². The van der Waals surface area contributed by atoms with E-state index in [-0.39, 0.29) is 30.7 Å². The van der Waals surface area contributed by atoms with Gasteiger partial charge in [0, 0.05) is 12.1 Å². The fourth-order valence-electron chi connectivity index (χ4n) is 2.66. The molecule has 1 fully saturated rings. The molecule has 0 N–H and O–H groups in total. The lowest BCUT2D eigenvalue weighted by atomic mass is 10.1. The van der Waals surface area contributed by atoms with Crippen molar-refractivity contribution in [1.82, 2.24) is 9.80 Å². The molecule has 0 bridgehead atoms. The van der Waals surface area contributed by atoms with Gasteiger partial charge in [0.2, 0.25) is 11.8 Å². The van der Waals surface area contributed by atoms with Crippen molar-refractivity contribution in [3.63, 3.8) is 0 Å². The van der Waals surface area contributed by atoms with Crippen LogP contribution in [0.5, 0.6) is 5.75 Å². The number of carbonyl (C=O) groups excluding carboxylic acids is 2. The van der Waals surface area contributed by atoms with E-state index < -0.39 is 12.7 Å². The molecule has 0 radical (unpaired) electrons. The molecule has 1 aliphatic rings. The van der Waals surface area contributed by atoms with Crippen LogP contribution < -0.4 is 4.74 Å². The molecule has 0 aromatic heterocycles. The maximum atomic E-state index is 12.5. The molecule has 7 heteroatoms. The first-order valence-corrected chi connectivity index (χ1v) is 7.55. The summed E-state index contributed by atoms with van der Waals surface area (Å²) < 4.78 is 29.4. The largest absolute Gasteiger partial charge is 0.434 e. The van der Waals surface area contributed by atoms with Crippen LogP contribution >= 0.6 is 0 Å². The summed E-state index contributed by atoms with van der Waals surface area (Å²) in [6, 6.07) is 5.67.